The van der Waals surface area contributed by atoms with Crippen LogP contribution in [-0.4, -0.2) is 37.3 Å². The maximum atomic E-state index is 11.8. The molecule has 0 unspecified atom stereocenters. The highest BCUT2D eigenvalue weighted by Crippen LogP contribution is 2.25. The van der Waals surface area contributed by atoms with E-state index in [1.165, 1.54) is 0 Å². The summed E-state index contributed by atoms with van der Waals surface area (Å²) in [5.41, 5.74) is 1.03. The Kier molecular flexibility index (Phi) is 3.86. The third-order valence-electron chi connectivity index (χ3n) is 2.55. The predicted molar refractivity (Wildman–Crippen MR) is 64.6 cm³/mol. The predicted octanol–water partition coefficient (Wildman–Crippen LogP) is 2.48. The van der Waals surface area contributed by atoms with Crippen molar-refractivity contribution in [3.63, 3.8) is 0 Å². The summed E-state index contributed by atoms with van der Waals surface area (Å²) in [5, 5.41) is 0.451. The number of hydrogen-bond donors (Lipinski definition) is 0. The highest BCUT2D eigenvalue weighted by molar-refractivity contribution is 6.32. The second-order valence-electron chi connectivity index (χ2n) is 3.90. The minimum Gasteiger partial charge on any atom is -0.409 e. The summed E-state index contributed by atoms with van der Waals surface area (Å²) in [6.45, 7) is 4.15. The van der Waals surface area contributed by atoms with E-state index in [1.807, 2.05) is 13.0 Å². The summed E-state index contributed by atoms with van der Waals surface area (Å²) in [6, 6.07) is 5.33. The molecule has 0 saturated carbocycles. The number of rotatable bonds is 1. The molecule has 1 aliphatic rings. The molecule has 0 spiro atoms. The van der Waals surface area contributed by atoms with Gasteiger partial charge in [-0.2, -0.15) is 0 Å². The molecule has 1 amide bonds. The fourth-order valence-electron chi connectivity index (χ4n) is 1.59. The molecule has 2 rings (SSSR count). The highest BCUT2D eigenvalue weighted by Gasteiger charge is 2.19. The lowest BCUT2D eigenvalue weighted by atomic mass is 10.2. The van der Waals surface area contributed by atoms with Crippen LogP contribution in [0.3, 0.4) is 0 Å². The van der Waals surface area contributed by atoms with Crippen molar-refractivity contribution in [1.29, 1.82) is 0 Å². The maximum Gasteiger partial charge on any atom is 0.415 e. The number of halogens is 1. The molecule has 1 heterocycles. The van der Waals surface area contributed by atoms with Gasteiger partial charge in [-0.15, -0.1) is 0 Å². The third-order valence-corrected chi connectivity index (χ3v) is 2.85. The van der Waals surface area contributed by atoms with Crippen molar-refractivity contribution in [2.75, 3.05) is 26.3 Å². The summed E-state index contributed by atoms with van der Waals surface area (Å²) in [6.07, 6.45) is -0.376. The van der Waals surface area contributed by atoms with E-state index >= 15 is 0 Å². The van der Waals surface area contributed by atoms with Crippen LogP contribution in [0.2, 0.25) is 5.02 Å². The average Bonchev–Trinajstić information content (AvgIpc) is 2.34. The Morgan fingerprint density at radius 3 is 2.76 bits per heavy atom. The van der Waals surface area contributed by atoms with Crippen molar-refractivity contribution in [2.24, 2.45) is 0 Å². The second-order valence-corrected chi connectivity index (χ2v) is 4.31. The lowest BCUT2D eigenvalue weighted by Gasteiger charge is -2.25. The van der Waals surface area contributed by atoms with Gasteiger partial charge in [-0.3, -0.25) is 0 Å². The van der Waals surface area contributed by atoms with Crippen LogP contribution in [0.1, 0.15) is 5.56 Å². The first-order valence-corrected chi connectivity index (χ1v) is 5.85. The molecule has 5 heteroatoms. The summed E-state index contributed by atoms with van der Waals surface area (Å²) >= 11 is 5.99. The number of hydrogen-bond acceptors (Lipinski definition) is 3. The van der Waals surface area contributed by atoms with Crippen molar-refractivity contribution < 1.29 is 14.3 Å². The van der Waals surface area contributed by atoms with Gasteiger partial charge in [0.15, 0.2) is 5.75 Å². The Morgan fingerprint density at radius 2 is 2.12 bits per heavy atom. The van der Waals surface area contributed by atoms with Crippen LogP contribution >= 0.6 is 11.6 Å². The monoisotopic (exact) mass is 255 g/mol. The Morgan fingerprint density at radius 1 is 1.41 bits per heavy atom. The molecule has 4 nitrogen and oxygen atoms in total. The van der Waals surface area contributed by atoms with Crippen LogP contribution in [0.15, 0.2) is 18.2 Å². The Hall–Kier alpha value is -1.26. The number of amides is 1. The normalized spacial score (nSPS) is 15.8. The van der Waals surface area contributed by atoms with Crippen LogP contribution in [0.5, 0.6) is 5.75 Å². The van der Waals surface area contributed by atoms with E-state index in [-0.39, 0.29) is 6.09 Å². The minimum absolute atomic E-state index is 0.376. The topological polar surface area (TPSA) is 38.8 Å². The fourth-order valence-corrected chi connectivity index (χ4v) is 1.87. The number of nitrogens with zero attached hydrogens (tertiary/aromatic N) is 1. The van der Waals surface area contributed by atoms with Gasteiger partial charge in [0.05, 0.1) is 18.2 Å². The van der Waals surface area contributed by atoms with Crippen LogP contribution in [0.25, 0.3) is 0 Å². The summed E-state index contributed by atoms with van der Waals surface area (Å²) < 4.78 is 10.4. The maximum absolute atomic E-state index is 11.8. The average molecular weight is 256 g/mol. The van der Waals surface area contributed by atoms with E-state index < -0.39 is 0 Å². The first kappa shape index (κ1) is 12.2. The molecule has 1 aromatic rings. The van der Waals surface area contributed by atoms with Crippen molar-refractivity contribution in [3.05, 3.63) is 28.8 Å². The first-order chi connectivity index (χ1) is 8.16. The molecule has 0 aromatic heterocycles. The Balaban J connectivity index is 2.02. The smallest absolute Gasteiger partial charge is 0.409 e. The van der Waals surface area contributed by atoms with E-state index in [2.05, 4.69) is 0 Å². The van der Waals surface area contributed by atoms with Crippen molar-refractivity contribution >= 4 is 17.7 Å². The third kappa shape index (κ3) is 3.11. The molecule has 92 valence electrons. The molecule has 1 aromatic carbocycles. The molecule has 0 radical (unpaired) electrons. The van der Waals surface area contributed by atoms with Gasteiger partial charge >= 0.3 is 6.09 Å². The van der Waals surface area contributed by atoms with Gasteiger partial charge in [-0.25, -0.2) is 4.79 Å². The molecule has 0 bridgehead atoms. The molecular formula is C12H14ClNO3. The second kappa shape index (κ2) is 5.38. The number of morpholine rings is 1. The molecule has 1 aliphatic heterocycles. The highest BCUT2D eigenvalue weighted by atomic mass is 35.5. The Bertz CT molecular complexity index is 416. The van der Waals surface area contributed by atoms with E-state index in [9.17, 15) is 4.79 Å². The fraction of sp³-hybridized carbons (Fsp3) is 0.417. The van der Waals surface area contributed by atoms with E-state index in [0.717, 1.165) is 5.56 Å². The zero-order chi connectivity index (χ0) is 12.3. The van der Waals surface area contributed by atoms with Gasteiger partial charge < -0.3 is 14.4 Å². The van der Waals surface area contributed by atoms with Crippen molar-refractivity contribution in [2.45, 2.75) is 6.92 Å². The Labute approximate surface area is 105 Å². The van der Waals surface area contributed by atoms with Gasteiger partial charge in [0.25, 0.3) is 0 Å². The van der Waals surface area contributed by atoms with E-state index in [0.29, 0.717) is 37.1 Å². The van der Waals surface area contributed by atoms with E-state index in [4.69, 9.17) is 21.1 Å². The number of ether oxygens (including phenoxy) is 2. The molecular weight excluding hydrogens is 242 g/mol. The minimum atomic E-state index is -0.376. The SMILES string of the molecule is Cc1ccc(OC(=O)N2CCOCC2)c(Cl)c1. The molecule has 17 heavy (non-hydrogen) atoms. The lowest BCUT2D eigenvalue weighted by molar-refractivity contribution is 0.0416. The van der Waals surface area contributed by atoms with Crippen LogP contribution < -0.4 is 4.74 Å². The summed E-state index contributed by atoms with van der Waals surface area (Å²) in [5.74, 6) is 0.397. The summed E-state index contributed by atoms with van der Waals surface area (Å²) in [4.78, 5) is 13.4. The summed E-state index contributed by atoms with van der Waals surface area (Å²) in [7, 11) is 0. The van der Waals surface area contributed by atoms with Crippen LogP contribution in [0, 0.1) is 6.92 Å². The standard InChI is InChI=1S/C12H14ClNO3/c1-9-2-3-11(10(13)8-9)17-12(15)14-4-6-16-7-5-14/h2-3,8H,4-7H2,1H3. The van der Waals surface area contributed by atoms with Crippen molar-refractivity contribution in [3.8, 4) is 5.75 Å². The number of aryl methyl sites for hydroxylation is 1. The molecule has 1 fully saturated rings. The number of benzene rings is 1. The molecule has 0 N–H and O–H groups in total. The number of carbonyl (C=O) groups is 1. The van der Waals surface area contributed by atoms with E-state index in [1.54, 1.807) is 17.0 Å². The first-order valence-electron chi connectivity index (χ1n) is 5.47. The van der Waals surface area contributed by atoms with Gasteiger partial charge in [0.1, 0.15) is 0 Å². The number of carbonyl (C=O) groups excluding carboxylic acids is 1. The van der Waals surface area contributed by atoms with Crippen LogP contribution in [0.4, 0.5) is 4.79 Å². The quantitative estimate of drug-likeness (QED) is 0.774. The van der Waals surface area contributed by atoms with Crippen molar-refractivity contribution in [1.82, 2.24) is 4.90 Å². The molecule has 1 saturated heterocycles. The van der Waals surface area contributed by atoms with Gasteiger partial charge in [0, 0.05) is 13.1 Å². The zero-order valence-electron chi connectivity index (χ0n) is 9.61. The lowest BCUT2D eigenvalue weighted by Crippen LogP contribution is -2.42. The molecule has 0 atom stereocenters. The molecule has 0 aliphatic carbocycles. The van der Waals surface area contributed by atoms with Gasteiger partial charge in [-0.05, 0) is 24.6 Å². The van der Waals surface area contributed by atoms with Gasteiger partial charge in [-0.1, -0.05) is 17.7 Å². The van der Waals surface area contributed by atoms with Crippen LogP contribution in [-0.2, 0) is 4.74 Å². The van der Waals surface area contributed by atoms with Gasteiger partial charge in [0.2, 0.25) is 0 Å². The zero-order valence-corrected chi connectivity index (χ0v) is 10.4. The largest absolute Gasteiger partial charge is 0.415 e.